The Morgan fingerprint density at radius 1 is 1.31 bits per heavy atom. The molecule has 1 spiro atoms. The molecule has 10 heteroatoms. The SMILES string of the molecule is COc1cc2nn([C@@H]3CC[C@]4(CCC(=O)N4C)C[C@H]3C)cc2cc1C(=O)Nc1cnc2cccnn12.[HH]. The van der Waals surface area contributed by atoms with Gasteiger partial charge in [-0.3, -0.25) is 14.3 Å². The lowest BCUT2D eigenvalue weighted by molar-refractivity contribution is -0.131. The standard InChI is InChI=1S/C26H29N7O3.H2/c1-16-13-26(9-7-24(34)31(26)2)8-6-20(16)32-15-17-11-18(21(36-3)12-19(17)30-32)25(35)29-23-14-27-22-5-4-10-28-33(22)23;/h4-5,10-12,14-16,20H,6-9,13H2,1-3H3,(H,29,35);1H/t16-,20-,26+;/m1./s1. The predicted octanol–water partition coefficient (Wildman–Crippen LogP) is 3.94. The lowest BCUT2D eigenvalue weighted by Crippen LogP contribution is -2.48. The van der Waals surface area contributed by atoms with E-state index in [1.165, 1.54) is 0 Å². The first-order chi connectivity index (χ1) is 17.4. The number of carbonyl (C=O) groups excluding carboxylic acids is 2. The lowest BCUT2D eigenvalue weighted by Gasteiger charge is -2.45. The zero-order valence-electron chi connectivity index (χ0n) is 20.6. The van der Waals surface area contributed by atoms with Crippen LogP contribution in [0, 0.1) is 5.92 Å². The molecule has 2 fully saturated rings. The molecule has 1 aliphatic carbocycles. The summed E-state index contributed by atoms with van der Waals surface area (Å²) in [5.41, 5.74) is 1.83. The Morgan fingerprint density at radius 2 is 2.17 bits per heavy atom. The van der Waals surface area contributed by atoms with Crippen molar-refractivity contribution < 1.29 is 15.8 Å². The molecule has 2 amide bonds. The van der Waals surface area contributed by atoms with Crippen molar-refractivity contribution in [2.45, 2.75) is 50.6 Å². The number of methoxy groups -OCH3 is 1. The van der Waals surface area contributed by atoms with E-state index in [9.17, 15) is 9.59 Å². The highest BCUT2D eigenvalue weighted by Gasteiger charge is 2.47. The minimum atomic E-state index is -0.309. The Morgan fingerprint density at radius 3 is 2.92 bits per heavy atom. The zero-order valence-corrected chi connectivity index (χ0v) is 20.6. The molecule has 1 saturated carbocycles. The lowest BCUT2D eigenvalue weighted by atomic mass is 9.72. The summed E-state index contributed by atoms with van der Waals surface area (Å²) in [6.07, 6.45) is 9.74. The summed E-state index contributed by atoms with van der Waals surface area (Å²) >= 11 is 0. The number of rotatable bonds is 4. The molecule has 1 N–H and O–H groups in total. The number of amides is 2. The van der Waals surface area contributed by atoms with Crippen molar-refractivity contribution >= 4 is 34.2 Å². The van der Waals surface area contributed by atoms with Crippen molar-refractivity contribution in [1.29, 1.82) is 0 Å². The summed E-state index contributed by atoms with van der Waals surface area (Å²) in [6.45, 7) is 2.25. The molecule has 36 heavy (non-hydrogen) atoms. The number of carbonyl (C=O) groups is 2. The Balaban J connectivity index is 0.00000280. The first-order valence-electron chi connectivity index (χ1n) is 12.3. The van der Waals surface area contributed by atoms with Crippen LogP contribution in [0.5, 0.6) is 5.75 Å². The second kappa shape index (κ2) is 8.32. The third-order valence-electron chi connectivity index (χ3n) is 8.10. The smallest absolute Gasteiger partial charge is 0.260 e. The molecule has 1 aromatic carbocycles. The number of benzene rings is 1. The first kappa shape index (κ1) is 22.5. The Kier molecular flexibility index (Phi) is 5.20. The van der Waals surface area contributed by atoms with E-state index in [2.05, 4.69) is 22.3 Å². The third-order valence-corrected chi connectivity index (χ3v) is 8.10. The van der Waals surface area contributed by atoms with Gasteiger partial charge in [-0.1, -0.05) is 6.92 Å². The molecule has 6 rings (SSSR count). The molecule has 188 valence electrons. The van der Waals surface area contributed by atoms with Gasteiger partial charge >= 0.3 is 0 Å². The molecule has 4 heterocycles. The van der Waals surface area contributed by atoms with Crippen molar-refractivity contribution in [2.24, 2.45) is 5.92 Å². The molecule has 4 aromatic rings. The van der Waals surface area contributed by atoms with E-state index in [4.69, 9.17) is 9.84 Å². The van der Waals surface area contributed by atoms with Crippen LogP contribution < -0.4 is 10.1 Å². The van der Waals surface area contributed by atoms with E-state index in [1.54, 1.807) is 30.1 Å². The van der Waals surface area contributed by atoms with Gasteiger partial charge in [0.05, 0.1) is 30.4 Å². The fourth-order valence-corrected chi connectivity index (χ4v) is 6.09. The molecule has 2 aliphatic rings. The van der Waals surface area contributed by atoms with Crippen LogP contribution in [0.2, 0.25) is 0 Å². The van der Waals surface area contributed by atoms with Crippen LogP contribution in [0.3, 0.4) is 0 Å². The minimum absolute atomic E-state index is 0. The maximum Gasteiger partial charge on any atom is 0.260 e. The average molecular weight is 490 g/mol. The second-order valence-corrected chi connectivity index (χ2v) is 10.1. The quantitative estimate of drug-likeness (QED) is 0.465. The summed E-state index contributed by atoms with van der Waals surface area (Å²) in [6, 6.07) is 7.48. The predicted molar refractivity (Wildman–Crippen MR) is 136 cm³/mol. The van der Waals surface area contributed by atoms with Gasteiger partial charge in [0.1, 0.15) is 5.75 Å². The maximum atomic E-state index is 13.2. The summed E-state index contributed by atoms with van der Waals surface area (Å²) in [4.78, 5) is 31.7. The van der Waals surface area contributed by atoms with Crippen molar-refractivity contribution in [3.63, 3.8) is 0 Å². The highest BCUT2D eigenvalue weighted by atomic mass is 16.5. The van der Waals surface area contributed by atoms with Crippen LogP contribution in [-0.4, -0.2) is 60.8 Å². The zero-order chi connectivity index (χ0) is 25.0. The van der Waals surface area contributed by atoms with E-state index >= 15 is 0 Å². The van der Waals surface area contributed by atoms with Gasteiger partial charge in [0, 0.05) is 44.3 Å². The van der Waals surface area contributed by atoms with Crippen LogP contribution in [0.15, 0.2) is 42.9 Å². The summed E-state index contributed by atoms with van der Waals surface area (Å²) in [7, 11) is 3.50. The highest BCUT2D eigenvalue weighted by molar-refractivity contribution is 6.08. The summed E-state index contributed by atoms with van der Waals surface area (Å²) in [5, 5.41) is 12.9. The maximum absolute atomic E-state index is 13.2. The van der Waals surface area contributed by atoms with Crippen molar-refractivity contribution in [1.82, 2.24) is 29.3 Å². The Hall–Kier alpha value is -3.95. The summed E-state index contributed by atoms with van der Waals surface area (Å²) in [5.74, 6) is 1.25. The Bertz CT molecular complexity index is 1500. The van der Waals surface area contributed by atoms with Crippen LogP contribution in [0.4, 0.5) is 5.82 Å². The molecule has 1 saturated heterocycles. The molecule has 1 aliphatic heterocycles. The second-order valence-electron chi connectivity index (χ2n) is 10.1. The van der Waals surface area contributed by atoms with E-state index < -0.39 is 0 Å². The topological polar surface area (TPSA) is 107 Å². The van der Waals surface area contributed by atoms with E-state index in [1.807, 2.05) is 41.0 Å². The van der Waals surface area contributed by atoms with Gasteiger partial charge in [-0.05, 0) is 49.8 Å². The number of hydrogen-bond acceptors (Lipinski definition) is 6. The molecule has 0 unspecified atom stereocenters. The number of likely N-dealkylation sites (tertiary alicyclic amines) is 1. The van der Waals surface area contributed by atoms with E-state index in [0.29, 0.717) is 35.1 Å². The van der Waals surface area contributed by atoms with Gasteiger partial charge in [-0.2, -0.15) is 14.7 Å². The van der Waals surface area contributed by atoms with Gasteiger partial charge < -0.3 is 15.0 Å². The number of hydrogen-bond donors (Lipinski definition) is 1. The van der Waals surface area contributed by atoms with Gasteiger partial charge in [0.25, 0.3) is 5.91 Å². The largest absolute Gasteiger partial charge is 0.496 e. The fourth-order valence-electron chi connectivity index (χ4n) is 6.09. The molecule has 3 aromatic heterocycles. The number of nitrogens with one attached hydrogen (secondary N) is 1. The number of aromatic nitrogens is 5. The molecule has 0 radical (unpaired) electrons. The van der Waals surface area contributed by atoms with Crippen LogP contribution in [-0.2, 0) is 4.79 Å². The van der Waals surface area contributed by atoms with Crippen molar-refractivity contribution in [3.05, 3.63) is 48.4 Å². The third kappa shape index (κ3) is 3.51. The number of imidazole rings is 1. The molecule has 0 bridgehead atoms. The molecular formula is C26H31N7O3. The first-order valence-corrected chi connectivity index (χ1v) is 12.3. The number of ether oxygens (including phenoxy) is 1. The monoisotopic (exact) mass is 489 g/mol. The van der Waals surface area contributed by atoms with Gasteiger partial charge in [0.2, 0.25) is 5.91 Å². The normalized spacial score (nSPS) is 24.2. The minimum Gasteiger partial charge on any atom is -0.496 e. The highest BCUT2D eigenvalue weighted by Crippen LogP contribution is 2.47. The van der Waals surface area contributed by atoms with E-state index in [-0.39, 0.29) is 24.8 Å². The molecule has 10 nitrogen and oxygen atoms in total. The van der Waals surface area contributed by atoms with Gasteiger partial charge in [-0.25, -0.2) is 4.98 Å². The summed E-state index contributed by atoms with van der Waals surface area (Å²) < 4.78 is 9.17. The van der Waals surface area contributed by atoms with Gasteiger partial charge in [-0.15, -0.1) is 0 Å². The van der Waals surface area contributed by atoms with Crippen molar-refractivity contribution in [2.75, 3.05) is 19.5 Å². The number of fused-ring (bicyclic) bond motifs is 2. The number of anilines is 1. The van der Waals surface area contributed by atoms with E-state index in [0.717, 1.165) is 36.6 Å². The van der Waals surface area contributed by atoms with Crippen LogP contribution >= 0.6 is 0 Å². The van der Waals surface area contributed by atoms with Gasteiger partial charge in [0.15, 0.2) is 11.5 Å². The average Bonchev–Trinajstić information content (AvgIpc) is 3.56. The fraction of sp³-hybridized carbons (Fsp3) is 0.423. The van der Waals surface area contributed by atoms with Crippen LogP contribution in [0.1, 0.15) is 56.9 Å². The number of nitrogens with zero attached hydrogens (tertiary/aromatic N) is 6. The molecular weight excluding hydrogens is 458 g/mol. The Labute approximate surface area is 209 Å². The van der Waals surface area contributed by atoms with Crippen molar-refractivity contribution in [3.8, 4) is 5.75 Å². The van der Waals surface area contributed by atoms with Crippen LogP contribution in [0.25, 0.3) is 16.6 Å². The molecule has 3 atom stereocenters.